The molecule has 1 aromatic rings. The standard InChI is InChI=1S/C12H14BrFO2/c1-7-4-8(10(13)9(14)5-7)6-12(2,3)11(15)16/h4-5H,6H2,1-3H3,(H,15,16). The minimum absolute atomic E-state index is 0.293. The molecule has 0 bridgehead atoms. The Bertz CT molecular complexity index is 427. The highest BCUT2D eigenvalue weighted by atomic mass is 79.9. The predicted molar refractivity (Wildman–Crippen MR) is 64.0 cm³/mol. The van der Waals surface area contributed by atoms with Crippen LogP contribution in [-0.2, 0) is 11.2 Å². The third kappa shape index (κ3) is 2.82. The summed E-state index contributed by atoms with van der Waals surface area (Å²) in [4.78, 5) is 11.0. The Hall–Kier alpha value is -0.900. The first kappa shape index (κ1) is 13.2. The molecule has 16 heavy (non-hydrogen) atoms. The lowest BCUT2D eigenvalue weighted by molar-refractivity contribution is -0.146. The fourth-order valence-corrected chi connectivity index (χ4v) is 1.85. The van der Waals surface area contributed by atoms with E-state index in [0.717, 1.165) is 5.56 Å². The Kier molecular flexibility index (Phi) is 3.73. The first-order valence-electron chi connectivity index (χ1n) is 4.92. The van der Waals surface area contributed by atoms with Crippen LogP contribution in [0.15, 0.2) is 16.6 Å². The number of halogens is 2. The van der Waals surface area contributed by atoms with Crippen molar-refractivity contribution in [3.63, 3.8) is 0 Å². The third-order valence-electron chi connectivity index (χ3n) is 2.46. The van der Waals surface area contributed by atoms with Gasteiger partial charge in [0, 0.05) is 0 Å². The molecule has 1 aromatic carbocycles. The van der Waals surface area contributed by atoms with Gasteiger partial charge in [-0.25, -0.2) is 4.39 Å². The molecule has 0 aliphatic carbocycles. The van der Waals surface area contributed by atoms with E-state index >= 15 is 0 Å². The second-order valence-electron chi connectivity index (χ2n) is 4.59. The van der Waals surface area contributed by atoms with Crippen molar-refractivity contribution in [1.82, 2.24) is 0 Å². The van der Waals surface area contributed by atoms with Crippen LogP contribution in [0.25, 0.3) is 0 Å². The zero-order chi connectivity index (χ0) is 12.5. The Morgan fingerprint density at radius 3 is 2.56 bits per heavy atom. The van der Waals surface area contributed by atoms with Crippen LogP contribution in [0.3, 0.4) is 0 Å². The van der Waals surface area contributed by atoms with E-state index < -0.39 is 11.4 Å². The Labute approximate surface area is 103 Å². The highest BCUT2D eigenvalue weighted by molar-refractivity contribution is 9.10. The lowest BCUT2D eigenvalue weighted by Gasteiger charge is -2.20. The number of carbonyl (C=O) groups is 1. The number of aryl methyl sites for hydroxylation is 1. The van der Waals surface area contributed by atoms with Gasteiger partial charge in [0.15, 0.2) is 0 Å². The molecule has 0 aliphatic heterocycles. The minimum atomic E-state index is -0.900. The first-order valence-corrected chi connectivity index (χ1v) is 5.71. The summed E-state index contributed by atoms with van der Waals surface area (Å²) < 4.78 is 13.8. The van der Waals surface area contributed by atoms with Gasteiger partial charge in [-0.2, -0.15) is 0 Å². The van der Waals surface area contributed by atoms with Crippen molar-refractivity contribution in [2.24, 2.45) is 5.41 Å². The molecule has 0 heterocycles. The summed E-state index contributed by atoms with van der Waals surface area (Å²) in [6.07, 6.45) is 0.293. The zero-order valence-electron chi connectivity index (χ0n) is 9.47. The third-order valence-corrected chi connectivity index (χ3v) is 3.35. The number of carboxylic acid groups (broad SMARTS) is 1. The van der Waals surface area contributed by atoms with Crippen LogP contribution in [0.4, 0.5) is 4.39 Å². The second kappa shape index (κ2) is 4.53. The van der Waals surface area contributed by atoms with E-state index in [2.05, 4.69) is 15.9 Å². The van der Waals surface area contributed by atoms with Gasteiger partial charge in [-0.15, -0.1) is 0 Å². The summed E-state index contributed by atoms with van der Waals surface area (Å²) in [5.41, 5.74) is 0.574. The monoisotopic (exact) mass is 288 g/mol. The maximum Gasteiger partial charge on any atom is 0.309 e. The molecule has 0 unspecified atom stereocenters. The van der Waals surface area contributed by atoms with Crippen molar-refractivity contribution in [2.75, 3.05) is 0 Å². The van der Waals surface area contributed by atoms with Crippen LogP contribution in [-0.4, -0.2) is 11.1 Å². The molecule has 1 N–H and O–H groups in total. The van der Waals surface area contributed by atoms with E-state index in [1.165, 1.54) is 6.07 Å². The summed E-state index contributed by atoms with van der Waals surface area (Å²) in [7, 11) is 0. The number of hydrogen-bond donors (Lipinski definition) is 1. The van der Waals surface area contributed by atoms with Crippen molar-refractivity contribution in [3.05, 3.63) is 33.5 Å². The van der Waals surface area contributed by atoms with E-state index in [4.69, 9.17) is 5.11 Å². The van der Waals surface area contributed by atoms with Gasteiger partial charge in [0.25, 0.3) is 0 Å². The average molecular weight is 289 g/mol. The maximum atomic E-state index is 13.4. The fraction of sp³-hybridized carbons (Fsp3) is 0.417. The molecule has 0 aliphatic rings. The van der Waals surface area contributed by atoms with Gasteiger partial charge < -0.3 is 5.11 Å². The lowest BCUT2D eigenvalue weighted by Crippen LogP contribution is -2.26. The summed E-state index contributed by atoms with van der Waals surface area (Å²) in [5.74, 6) is -1.24. The number of carboxylic acids is 1. The Morgan fingerprint density at radius 2 is 2.06 bits per heavy atom. The molecule has 1 rings (SSSR count). The van der Waals surface area contributed by atoms with E-state index in [1.54, 1.807) is 26.8 Å². The minimum Gasteiger partial charge on any atom is -0.481 e. The van der Waals surface area contributed by atoms with Crippen molar-refractivity contribution in [1.29, 1.82) is 0 Å². The van der Waals surface area contributed by atoms with Crippen LogP contribution >= 0.6 is 15.9 Å². The molecule has 0 saturated heterocycles. The van der Waals surface area contributed by atoms with Gasteiger partial charge in [-0.3, -0.25) is 4.79 Å². The molecular weight excluding hydrogens is 275 g/mol. The van der Waals surface area contributed by atoms with E-state index in [-0.39, 0.29) is 5.82 Å². The van der Waals surface area contributed by atoms with E-state index in [9.17, 15) is 9.18 Å². The number of rotatable bonds is 3. The summed E-state index contributed by atoms with van der Waals surface area (Å²) in [5, 5.41) is 9.02. The molecule has 0 saturated carbocycles. The van der Waals surface area contributed by atoms with Crippen molar-refractivity contribution >= 4 is 21.9 Å². The molecule has 0 atom stereocenters. The predicted octanol–water partition coefficient (Wildman–Crippen LogP) is 3.55. The van der Waals surface area contributed by atoms with Crippen molar-refractivity contribution in [2.45, 2.75) is 27.2 Å². The second-order valence-corrected chi connectivity index (χ2v) is 5.38. The van der Waals surface area contributed by atoms with Gasteiger partial charge in [-0.05, 0) is 60.3 Å². The van der Waals surface area contributed by atoms with Gasteiger partial charge >= 0.3 is 5.97 Å². The molecule has 88 valence electrons. The van der Waals surface area contributed by atoms with Crippen LogP contribution in [0, 0.1) is 18.2 Å². The number of hydrogen-bond acceptors (Lipinski definition) is 1. The molecule has 0 spiro atoms. The summed E-state index contributed by atoms with van der Waals surface area (Å²) in [6, 6.07) is 3.22. The van der Waals surface area contributed by atoms with E-state index in [0.29, 0.717) is 16.5 Å². The normalized spacial score (nSPS) is 11.6. The molecule has 0 amide bonds. The van der Waals surface area contributed by atoms with Crippen molar-refractivity contribution in [3.8, 4) is 0 Å². The topological polar surface area (TPSA) is 37.3 Å². The molecule has 2 nitrogen and oxygen atoms in total. The highest BCUT2D eigenvalue weighted by Gasteiger charge is 2.28. The number of benzene rings is 1. The maximum absolute atomic E-state index is 13.4. The van der Waals surface area contributed by atoms with Gasteiger partial charge in [-0.1, -0.05) is 6.07 Å². The first-order chi connectivity index (χ1) is 7.24. The van der Waals surface area contributed by atoms with E-state index in [1.807, 2.05) is 0 Å². The lowest BCUT2D eigenvalue weighted by atomic mass is 9.85. The smallest absolute Gasteiger partial charge is 0.309 e. The van der Waals surface area contributed by atoms with Crippen LogP contribution in [0.1, 0.15) is 25.0 Å². The van der Waals surface area contributed by atoms with Gasteiger partial charge in [0.05, 0.1) is 9.89 Å². The molecule has 0 aromatic heterocycles. The quantitative estimate of drug-likeness (QED) is 0.924. The Morgan fingerprint density at radius 1 is 1.50 bits per heavy atom. The largest absolute Gasteiger partial charge is 0.481 e. The van der Waals surface area contributed by atoms with Crippen LogP contribution in [0.2, 0.25) is 0 Å². The van der Waals surface area contributed by atoms with Crippen LogP contribution < -0.4 is 0 Å². The molecule has 0 radical (unpaired) electrons. The van der Waals surface area contributed by atoms with Crippen molar-refractivity contribution < 1.29 is 14.3 Å². The molecular formula is C12H14BrFO2. The van der Waals surface area contributed by atoms with Crippen LogP contribution in [0.5, 0.6) is 0 Å². The Balaban J connectivity index is 3.11. The number of aliphatic carboxylic acids is 1. The zero-order valence-corrected chi connectivity index (χ0v) is 11.1. The summed E-state index contributed by atoms with van der Waals surface area (Å²) >= 11 is 3.15. The highest BCUT2D eigenvalue weighted by Crippen LogP contribution is 2.29. The fourth-order valence-electron chi connectivity index (χ4n) is 1.48. The average Bonchev–Trinajstić information content (AvgIpc) is 2.12. The van der Waals surface area contributed by atoms with Gasteiger partial charge in [0.1, 0.15) is 5.82 Å². The van der Waals surface area contributed by atoms with Gasteiger partial charge in [0.2, 0.25) is 0 Å². The SMILES string of the molecule is Cc1cc(F)c(Br)c(CC(C)(C)C(=O)O)c1. The summed E-state index contributed by atoms with van der Waals surface area (Å²) in [6.45, 7) is 5.04. The molecule has 0 fully saturated rings. The molecule has 4 heteroatoms.